The molecule has 0 amide bonds. The molecule has 1 aliphatic carbocycles. The highest BCUT2D eigenvalue weighted by atomic mass is 19.2. The summed E-state index contributed by atoms with van der Waals surface area (Å²) < 4.78 is 43.3. The first-order valence-electron chi connectivity index (χ1n) is 8.54. The molecular formula is C19H26F2O3. The normalized spacial score (nSPS) is 21.2. The predicted molar refractivity (Wildman–Crippen MR) is 89.5 cm³/mol. The summed E-state index contributed by atoms with van der Waals surface area (Å²) in [6.45, 7) is 3.08. The number of benzene rings is 1. The molecule has 0 saturated heterocycles. The van der Waals surface area contributed by atoms with Crippen molar-refractivity contribution in [2.24, 2.45) is 11.8 Å². The van der Waals surface area contributed by atoms with Crippen LogP contribution in [-0.4, -0.2) is 26.9 Å². The number of ether oxygens (including phenoxy) is 3. The minimum atomic E-state index is -0.985. The van der Waals surface area contributed by atoms with Crippen molar-refractivity contribution in [2.45, 2.75) is 32.6 Å². The van der Waals surface area contributed by atoms with Crippen molar-refractivity contribution in [1.82, 2.24) is 0 Å². The molecule has 1 aliphatic rings. The second kappa shape index (κ2) is 9.62. The second-order valence-corrected chi connectivity index (χ2v) is 6.10. The molecule has 0 atom stereocenters. The van der Waals surface area contributed by atoms with E-state index in [1.807, 2.05) is 0 Å². The molecule has 0 aromatic heterocycles. The molecule has 2 rings (SSSR count). The van der Waals surface area contributed by atoms with Crippen molar-refractivity contribution in [3.63, 3.8) is 0 Å². The van der Waals surface area contributed by atoms with Crippen LogP contribution in [0.4, 0.5) is 8.78 Å². The van der Waals surface area contributed by atoms with Gasteiger partial charge in [-0.15, -0.1) is 0 Å². The molecule has 0 bridgehead atoms. The van der Waals surface area contributed by atoms with Gasteiger partial charge in [-0.25, -0.2) is 0 Å². The summed E-state index contributed by atoms with van der Waals surface area (Å²) >= 11 is 0. The fraction of sp³-hybridized carbons (Fsp3) is 0.579. The summed E-state index contributed by atoms with van der Waals surface area (Å²) in [6.07, 6.45) is 8.51. The van der Waals surface area contributed by atoms with E-state index in [0.717, 1.165) is 25.7 Å². The lowest BCUT2D eigenvalue weighted by molar-refractivity contribution is 0.186. The third-order valence-corrected chi connectivity index (χ3v) is 4.35. The quantitative estimate of drug-likeness (QED) is 0.639. The Hall–Kier alpha value is -1.62. The van der Waals surface area contributed by atoms with Gasteiger partial charge < -0.3 is 14.2 Å². The topological polar surface area (TPSA) is 27.7 Å². The zero-order chi connectivity index (χ0) is 17.4. The molecule has 0 aliphatic heterocycles. The van der Waals surface area contributed by atoms with Gasteiger partial charge in [0.05, 0.1) is 19.8 Å². The zero-order valence-electron chi connectivity index (χ0n) is 14.4. The van der Waals surface area contributed by atoms with Crippen LogP contribution < -0.4 is 9.47 Å². The van der Waals surface area contributed by atoms with Crippen LogP contribution in [0.5, 0.6) is 11.5 Å². The average molecular weight is 340 g/mol. The molecule has 0 N–H and O–H groups in total. The number of hydrogen-bond donors (Lipinski definition) is 0. The average Bonchev–Trinajstić information content (AvgIpc) is 2.60. The van der Waals surface area contributed by atoms with E-state index in [2.05, 4.69) is 12.2 Å². The summed E-state index contributed by atoms with van der Waals surface area (Å²) in [7, 11) is 1.68. The maximum atomic E-state index is 14.0. The SMILES string of the molecule is CCOc1ccc(OCC2CCC(C=CCOC)CC2)c(F)c1F. The number of methoxy groups -OCH3 is 1. The van der Waals surface area contributed by atoms with Gasteiger partial charge in [0.15, 0.2) is 11.5 Å². The highest BCUT2D eigenvalue weighted by Gasteiger charge is 2.21. The summed E-state index contributed by atoms with van der Waals surface area (Å²) in [6, 6.07) is 2.84. The molecule has 0 unspecified atom stereocenters. The van der Waals surface area contributed by atoms with Gasteiger partial charge in [0.2, 0.25) is 11.6 Å². The lowest BCUT2D eigenvalue weighted by Gasteiger charge is -2.26. The molecule has 0 spiro atoms. The van der Waals surface area contributed by atoms with E-state index in [9.17, 15) is 8.78 Å². The maximum absolute atomic E-state index is 14.0. The molecule has 24 heavy (non-hydrogen) atoms. The van der Waals surface area contributed by atoms with Crippen molar-refractivity contribution in [3.8, 4) is 11.5 Å². The van der Waals surface area contributed by atoms with Gasteiger partial charge in [0.25, 0.3) is 0 Å². The Bertz CT molecular complexity index is 538. The molecule has 1 saturated carbocycles. The predicted octanol–water partition coefficient (Wildman–Crippen LogP) is 4.75. The van der Waals surface area contributed by atoms with Crippen LogP contribution in [-0.2, 0) is 4.74 Å². The number of hydrogen-bond acceptors (Lipinski definition) is 3. The molecule has 1 aromatic rings. The van der Waals surface area contributed by atoms with E-state index in [1.54, 1.807) is 14.0 Å². The second-order valence-electron chi connectivity index (χ2n) is 6.10. The summed E-state index contributed by atoms with van der Waals surface area (Å²) in [4.78, 5) is 0. The Morgan fingerprint density at radius 3 is 2.25 bits per heavy atom. The van der Waals surface area contributed by atoms with Crippen LogP contribution in [0, 0.1) is 23.5 Å². The Morgan fingerprint density at radius 2 is 1.67 bits per heavy atom. The Balaban J connectivity index is 1.81. The number of allylic oxidation sites excluding steroid dienone is 1. The monoisotopic (exact) mass is 340 g/mol. The van der Waals surface area contributed by atoms with Crippen molar-refractivity contribution in [3.05, 3.63) is 35.9 Å². The van der Waals surface area contributed by atoms with E-state index in [-0.39, 0.29) is 11.5 Å². The van der Waals surface area contributed by atoms with E-state index in [4.69, 9.17) is 14.2 Å². The third-order valence-electron chi connectivity index (χ3n) is 4.35. The lowest BCUT2D eigenvalue weighted by Crippen LogP contribution is -2.19. The molecule has 0 radical (unpaired) electrons. The van der Waals surface area contributed by atoms with Crippen LogP contribution in [0.3, 0.4) is 0 Å². The van der Waals surface area contributed by atoms with Gasteiger partial charge in [-0.05, 0) is 56.6 Å². The van der Waals surface area contributed by atoms with E-state index < -0.39 is 11.6 Å². The van der Waals surface area contributed by atoms with E-state index >= 15 is 0 Å². The van der Waals surface area contributed by atoms with Crippen LogP contribution in [0.25, 0.3) is 0 Å². The van der Waals surface area contributed by atoms with Crippen molar-refractivity contribution >= 4 is 0 Å². The molecule has 3 nitrogen and oxygen atoms in total. The molecular weight excluding hydrogens is 314 g/mol. The fourth-order valence-corrected chi connectivity index (χ4v) is 2.99. The Morgan fingerprint density at radius 1 is 1.04 bits per heavy atom. The minimum absolute atomic E-state index is 0.0435. The summed E-state index contributed by atoms with van der Waals surface area (Å²) in [5, 5.41) is 0. The molecule has 0 heterocycles. The van der Waals surface area contributed by atoms with Crippen molar-refractivity contribution in [1.29, 1.82) is 0 Å². The smallest absolute Gasteiger partial charge is 0.204 e. The van der Waals surface area contributed by atoms with E-state index in [1.165, 1.54) is 12.1 Å². The van der Waals surface area contributed by atoms with Gasteiger partial charge in [-0.1, -0.05) is 12.2 Å². The van der Waals surface area contributed by atoms with Crippen LogP contribution in [0.1, 0.15) is 32.6 Å². The number of rotatable bonds is 8. The van der Waals surface area contributed by atoms with Gasteiger partial charge in [-0.3, -0.25) is 0 Å². The van der Waals surface area contributed by atoms with Gasteiger partial charge in [0.1, 0.15) is 0 Å². The highest BCUT2D eigenvalue weighted by molar-refractivity contribution is 5.35. The van der Waals surface area contributed by atoms with Crippen molar-refractivity contribution in [2.75, 3.05) is 26.9 Å². The number of halogens is 2. The minimum Gasteiger partial charge on any atom is -0.491 e. The third kappa shape index (κ3) is 5.20. The van der Waals surface area contributed by atoms with Crippen LogP contribution >= 0.6 is 0 Å². The van der Waals surface area contributed by atoms with Crippen molar-refractivity contribution < 1.29 is 23.0 Å². The molecule has 1 fully saturated rings. The van der Waals surface area contributed by atoms with Gasteiger partial charge >= 0.3 is 0 Å². The standard InChI is InChI=1S/C19H26F2O3/c1-3-23-16-10-11-17(19(21)18(16)20)24-13-15-8-6-14(7-9-15)5-4-12-22-2/h4-5,10-11,14-15H,3,6-9,12-13H2,1-2H3. The van der Waals surface area contributed by atoms with Gasteiger partial charge in [0, 0.05) is 7.11 Å². The van der Waals surface area contributed by atoms with Crippen LogP contribution in [0.15, 0.2) is 24.3 Å². The first-order valence-corrected chi connectivity index (χ1v) is 8.54. The zero-order valence-corrected chi connectivity index (χ0v) is 14.4. The maximum Gasteiger partial charge on any atom is 0.204 e. The van der Waals surface area contributed by atoms with E-state index in [0.29, 0.717) is 31.7 Å². The largest absolute Gasteiger partial charge is 0.491 e. The first kappa shape index (κ1) is 18.7. The Kier molecular flexibility index (Phi) is 7.50. The molecule has 134 valence electrons. The lowest BCUT2D eigenvalue weighted by atomic mass is 9.82. The van der Waals surface area contributed by atoms with Gasteiger partial charge in [-0.2, -0.15) is 8.78 Å². The Labute approximate surface area is 142 Å². The summed E-state index contributed by atoms with van der Waals surface area (Å²) in [5.41, 5.74) is 0. The summed E-state index contributed by atoms with van der Waals surface area (Å²) in [5.74, 6) is -1.12. The first-order chi connectivity index (χ1) is 11.7. The fourth-order valence-electron chi connectivity index (χ4n) is 2.99. The molecule has 5 heteroatoms. The molecule has 1 aromatic carbocycles. The van der Waals surface area contributed by atoms with Crippen LogP contribution in [0.2, 0.25) is 0 Å². The highest BCUT2D eigenvalue weighted by Crippen LogP contribution is 2.32.